The van der Waals surface area contributed by atoms with Gasteiger partial charge in [0.25, 0.3) is 0 Å². The third kappa shape index (κ3) is 3.49. The van der Waals surface area contributed by atoms with Gasteiger partial charge in [-0.3, -0.25) is 4.79 Å². The number of ether oxygens (including phenoxy) is 2. The first-order chi connectivity index (χ1) is 20.0. The number of anilines is 1. The molecular weight excluding hydrogens is 571 g/mol. The van der Waals surface area contributed by atoms with E-state index in [1.165, 1.54) is 0 Å². The minimum Gasteiger partial charge on any atom is -0.454 e. The molecule has 2 aliphatic carbocycles. The summed E-state index contributed by atoms with van der Waals surface area (Å²) in [6, 6.07) is 16.8. The summed E-state index contributed by atoms with van der Waals surface area (Å²) < 4.78 is 11.2. The van der Waals surface area contributed by atoms with E-state index >= 15 is 0 Å². The van der Waals surface area contributed by atoms with Crippen LogP contribution in [-0.2, 0) is 15.6 Å². The zero-order valence-electron chi connectivity index (χ0n) is 23.6. The molecular formula is C33H28Cl2N4O3. The van der Waals surface area contributed by atoms with Crippen LogP contribution in [0.5, 0.6) is 11.5 Å². The third-order valence-electron chi connectivity index (χ3n) is 10.2. The molecule has 1 fully saturated rings. The standard InChI is InChI=1S/C33H28Cl2N4O3/c1-17-11-20(21(15-36)18-5-7-19(34)8-6-18)22(35)12-23(17)39-30(40)33-10-9-32(4,31(33,2)3)28-29(33)38-25-14-27-26(41-16-42-27)13-24(25)37-28/h5-8,11-14,21H,9-10,16H2,1-4H3,(H,39,40). The quantitative estimate of drug-likeness (QED) is 0.260. The topological polar surface area (TPSA) is 97.1 Å². The number of nitriles is 1. The lowest BCUT2D eigenvalue weighted by atomic mass is 9.63. The van der Waals surface area contributed by atoms with Gasteiger partial charge in [0, 0.05) is 33.3 Å². The van der Waals surface area contributed by atoms with E-state index in [1.807, 2.05) is 37.3 Å². The molecule has 212 valence electrons. The molecule has 3 aromatic carbocycles. The van der Waals surface area contributed by atoms with E-state index in [0.29, 0.717) is 44.7 Å². The van der Waals surface area contributed by atoms with Crippen molar-refractivity contribution in [3.8, 4) is 17.6 Å². The first kappa shape index (κ1) is 27.0. The highest BCUT2D eigenvalue weighted by molar-refractivity contribution is 6.32. The average Bonchev–Trinajstić information content (AvgIpc) is 3.54. The molecule has 3 aliphatic rings. The van der Waals surface area contributed by atoms with E-state index in [2.05, 4.69) is 32.2 Å². The van der Waals surface area contributed by atoms with E-state index in [4.69, 9.17) is 42.6 Å². The summed E-state index contributed by atoms with van der Waals surface area (Å²) >= 11 is 12.8. The Hall–Kier alpha value is -3.86. The van der Waals surface area contributed by atoms with Crippen LogP contribution < -0.4 is 14.8 Å². The SMILES string of the molecule is Cc1cc(C(C#N)c2ccc(Cl)cc2)c(Cl)cc1NC(=O)C12CCC(C)(c3nc4cc5c(cc4nc31)OCO5)C2(C)C. The lowest BCUT2D eigenvalue weighted by Crippen LogP contribution is -2.48. The highest BCUT2D eigenvalue weighted by atomic mass is 35.5. The van der Waals surface area contributed by atoms with E-state index in [1.54, 1.807) is 18.2 Å². The van der Waals surface area contributed by atoms with Gasteiger partial charge in [0.15, 0.2) is 11.5 Å². The molecule has 7 rings (SSSR count). The van der Waals surface area contributed by atoms with Crippen molar-refractivity contribution in [3.63, 3.8) is 0 Å². The number of carbonyl (C=O) groups is 1. The molecule has 7 nitrogen and oxygen atoms in total. The zero-order chi connectivity index (χ0) is 29.6. The van der Waals surface area contributed by atoms with Crippen molar-refractivity contribution in [3.05, 3.63) is 86.7 Å². The second-order valence-electron chi connectivity index (χ2n) is 12.2. The van der Waals surface area contributed by atoms with Crippen LogP contribution in [0.4, 0.5) is 5.69 Å². The van der Waals surface area contributed by atoms with Crippen LogP contribution >= 0.6 is 23.2 Å². The van der Waals surface area contributed by atoms with Crippen molar-refractivity contribution in [2.24, 2.45) is 5.41 Å². The molecule has 1 amide bonds. The van der Waals surface area contributed by atoms with Gasteiger partial charge < -0.3 is 14.8 Å². The number of fused-ring (bicyclic) bond motifs is 7. The first-order valence-electron chi connectivity index (χ1n) is 13.9. The molecule has 3 unspecified atom stereocenters. The lowest BCUT2D eigenvalue weighted by molar-refractivity contribution is -0.125. The van der Waals surface area contributed by atoms with Gasteiger partial charge in [0.05, 0.1) is 39.8 Å². The van der Waals surface area contributed by atoms with Gasteiger partial charge in [-0.2, -0.15) is 5.26 Å². The Morgan fingerprint density at radius 1 is 0.976 bits per heavy atom. The van der Waals surface area contributed by atoms with Gasteiger partial charge in [-0.1, -0.05) is 62.2 Å². The smallest absolute Gasteiger partial charge is 0.237 e. The van der Waals surface area contributed by atoms with E-state index in [-0.39, 0.29) is 18.1 Å². The summed E-state index contributed by atoms with van der Waals surface area (Å²) in [5.74, 6) is 0.573. The summed E-state index contributed by atoms with van der Waals surface area (Å²) in [6.45, 7) is 8.56. The molecule has 1 aromatic heterocycles. The number of nitrogens with one attached hydrogen (secondary N) is 1. The summed E-state index contributed by atoms with van der Waals surface area (Å²) in [5.41, 5.74) is 4.16. The number of rotatable bonds is 4. The van der Waals surface area contributed by atoms with Gasteiger partial charge in [-0.15, -0.1) is 0 Å². The number of hydrogen-bond donors (Lipinski definition) is 1. The first-order valence-corrected chi connectivity index (χ1v) is 14.6. The predicted molar refractivity (Wildman–Crippen MR) is 161 cm³/mol. The summed E-state index contributed by atoms with van der Waals surface area (Å²) in [7, 11) is 0. The Labute approximate surface area is 253 Å². The Balaban J connectivity index is 1.28. The van der Waals surface area contributed by atoms with Crippen LogP contribution in [0.15, 0.2) is 48.5 Å². The summed E-state index contributed by atoms with van der Waals surface area (Å²) in [6.07, 6.45) is 1.47. The van der Waals surface area contributed by atoms with Crippen molar-refractivity contribution >= 4 is 45.8 Å². The van der Waals surface area contributed by atoms with Crippen LogP contribution in [0, 0.1) is 23.7 Å². The highest BCUT2D eigenvalue weighted by Gasteiger charge is 2.73. The van der Waals surface area contributed by atoms with Gasteiger partial charge in [0.1, 0.15) is 0 Å². The Morgan fingerprint density at radius 2 is 1.62 bits per heavy atom. The van der Waals surface area contributed by atoms with Gasteiger partial charge >= 0.3 is 0 Å². The molecule has 1 saturated carbocycles. The summed E-state index contributed by atoms with van der Waals surface area (Å²) in [4.78, 5) is 24.7. The monoisotopic (exact) mass is 598 g/mol. The van der Waals surface area contributed by atoms with Crippen LogP contribution in [0.3, 0.4) is 0 Å². The molecule has 4 aromatic rings. The van der Waals surface area contributed by atoms with E-state index in [9.17, 15) is 10.1 Å². The van der Waals surface area contributed by atoms with Crippen LogP contribution in [0.1, 0.15) is 67.6 Å². The molecule has 2 bridgehead atoms. The molecule has 9 heteroatoms. The Morgan fingerprint density at radius 3 is 2.26 bits per heavy atom. The number of aryl methyl sites for hydroxylation is 1. The predicted octanol–water partition coefficient (Wildman–Crippen LogP) is 7.60. The molecule has 1 N–H and O–H groups in total. The largest absolute Gasteiger partial charge is 0.454 e. The normalized spacial score (nSPS) is 23.5. The van der Waals surface area contributed by atoms with Gasteiger partial charge in [0.2, 0.25) is 12.7 Å². The molecule has 3 atom stereocenters. The molecule has 0 radical (unpaired) electrons. The molecule has 0 spiro atoms. The van der Waals surface area contributed by atoms with Crippen molar-refractivity contribution in [2.45, 2.75) is 57.3 Å². The number of carbonyl (C=O) groups excluding carboxylic acids is 1. The minimum absolute atomic E-state index is 0.134. The van der Waals surface area contributed by atoms with Crippen molar-refractivity contribution < 1.29 is 14.3 Å². The fourth-order valence-corrected chi connectivity index (χ4v) is 7.66. The number of amides is 1. The number of nitrogens with zero attached hydrogens (tertiary/aromatic N) is 3. The maximum Gasteiger partial charge on any atom is 0.237 e. The maximum atomic E-state index is 14.5. The fourth-order valence-electron chi connectivity index (χ4n) is 7.26. The maximum absolute atomic E-state index is 14.5. The Kier molecular flexibility index (Phi) is 5.83. The molecule has 1 aliphatic heterocycles. The molecule has 42 heavy (non-hydrogen) atoms. The van der Waals surface area contributed by atoms with Crippen molar-refractivity contribution in [1.29, 1.82) is 5.26 Å². The second kappa shape index (κ2) is 9.07. The lowest BCUT2D eigenvalue weighted by Gasteiger charge is -2.39. The van der Waals surface area contributed by atoms with Crippen molar-refractivity contribution in [2.75, 3.05) is 12.1 Å². The number of halogens is 2. The zero-order valence-corrected chi connectivity index (χ0v) is 25.2. The van der Waals surface area contributed by atoms with Crippen LogP contribution in [0.25, 0.3) is 11.0 Å². The van der Waals surface area contributed by atoms with E-state index < -0.39 is 16.7 Å². The van der Waals surface area contributed by atoms with Gasteiger partial charge in [-0.25, -0.2) is 9.97 Å². The van der Waals surface area contributed by atoms with Crippen molar-refractivity contribution in [1.82, 2.24) is 9.97 Å². The van der Waals surface area contributed by atoms with Crippen LogP contribution in [-0.4, -0.2) is 22.7 Å². The number of benzene rings is 3. The van der Waals surface area contributed by atoms with Gasteiger partial charge in [-0.05, 0) is 60.1 Å². The highest BCUT2D eigenvalue weighted by Crippen LogP contribution is 2.70. The third-order valence-corrected chi connectivity index (χ3v) is 10.7. The molecule has 0 saturated heterocycles. The Bertz CT molecular complexity index is 1870. The minimum atomic E-state index is -0.898. The second-order valence-corrected chi connectivity index (χ2v) is 13.1. The number of hydrogen-bond acceptors (Lipinski definition) is 6. The van der Waals surface area contributed by atoms with Crippen LogP contribution in [0.2, 0.25) is 10.0 Å². The number of aromatic nitrogens is 2. The molecule has 2 heterocycles. The van der Waals surface area contributed by atoms with E-state index in [0.717, 1.165) is 34.5 Å². The average molecular weight is 600 g/mol. The fraction of sp³-hybridized carbons (Fsp3) is 0.333. The summed E-state index contributed by atoms with van der Waals surface area (Å²) in [5, 5.41) is 14.2.